The molecule has 0 bridgehead atoms. The van der Waals surface area contributed by atoms with Crippen molar-refractivity contribution < 1.29 is 18.7 Å². The number of ether oxygens (including phenoxy) is 1. The van der Waals surface area contributed by atoms with E-state index in [9.17, 15) is 14.0 Å². The average Bonchev–Trinajstić information content (AvgIpc) is 3.30. The number of nitrogens with zero attached hydrogens (tertiary/aromatic N) is 4. The van der Waals surface area contributed by atoms with Crippen LogP contribution in [0.2, 0.25) is 0 Å². The molecule has 3 heterocycles. The average molecular weight is 507 g/mol. The van der Waals surface area contributed by atoms with E-state index in [1.54, 1.807) is 12.1 Å². The van der Waals surface area contributed by atoms with Crippen molar-refractivity contribution in [2.75, 3.05) is 38.2 Å². The number of esters is 1. The number of methoxy groups -OCH3 is 1. The van der Waals surface area contributed by atoms with Crippen LogP contribution in [0.5, 0.6) is 0 Å². The summed E-state index contributed by atoms with van der Waals surface area (Å²) in [6.45, 7) is 3.98. The zero-order valence-electron chi connectivity index (χ0n) is 20.2. The number of amidine groups is 1. The lowest BCUT2D eigenvalue weighted by molar-refractivity contribution is -0.136. The Morgan fingerprint density at radius 3 is 2.44 bits per heavy atom. The number of fused-ring (bicyclic) bond motifs is 1. The minimum Gasteiger partial charge on any atom is -0.466 e. The van der Waals surface area contributed by atoms with Gasteiger partial charge in [-0.25, -0.2) is 14.2 Å². The number of hydrogen-bond donors (Lipinski definition) is 0. The number of allylic oxidation sites excluding steroid dienone is 1. The van der Waals surface area contributed by atoms with E-state index in [1.165, 1.54) is 24.9 Å². The van der Waals surface area contributed by atoms with Gasteiger partial charge in [-0.2, -0.15) is 0 Å². The molecule has 0 N–H and O–H groups in total. The molecule has 1 amide bonds. The molecular formula is C27H27FN4O3S. The molecule has 1 atom stereocenters. The zero-order chi connectivity index (χ0) is 25.2. The third-order valence-corrected chi connectivity index (χ3v) is 7.57. The normalized spacial score (nSPS) is 19.6. The van der Waals surface area contributed by atoms with Gasteiger partial charge >= 0.3 is 5.97 Å². The number of aliphatic imine (C=N–C) groups is 1. The number of carbonyl (C=O) groups excluding carboxylic acids is 2. The Morgan fingerprint density at radius 1 is 1.06 bits per heavy atom. The number of amides is 1. The van der Waals surface area contributed by atoms with Gasteiger partial charge in [-0.15, -0.1) is 0 Å². The van der Waals surface area contributed by atoms with E-state index < -0.39 is 12.0 Å². The topological polar surface area (TPSA) is 65.5 Å². The Hall–Kier alpha value is -3.59. The van der Waals surface area contributed by atoms with Crippen molar-refractivity contribution in [2.24, 2.45) is 4.99 Å². The standard InChI is InChI=1S/C27H27FN4O3S/c1-18-24(26(34)35-2)25(19-8-4-3-5-9-19)32-20(17-36-27(32)29-18)16-23(33)31-14-12-30(13-15-31)22-11-7-6-10-21(22)28/h3-11,17,25H,12-16H2,1-2H3/t25-/m0/s1. The number of rotatable bonds is 5. The fourth-order valence-electron chi connectivity index (χ4n) is 4.86. The highest BCUT2D eigenvalue weighted by Gasteiger charge is 2.41. The molecule has 0 aromatic heterocycles. The quantitative estimate of drug-likeness (QED) is 0.563. The van der Waals surface area contributed by atoms with E-state index in [1.807, 2.05) is 63.4 Å². The number of benzene rings is 2. The summed E-state index contributed by atoms with van der Waals surface area (Å²) < 4.78 is 19.3. The maximum Gasteiger partial charge on any atom is 0.338 e. The zero-order valence-corrected chi connectivity index (χ0v) is 21.0. The summed E-state index contributed by atoms with van der Waals surface area (Å²) in [7, 11) is 1.36. The van der Waals surface area contributed by atoms with E-state index in [-0.39, 0.29) is 18.1 Å². The van der Waals surface area contributed by atoms with Gasteiger partial charge < -0.3 is 19.4 Å². The van der Waals surface area contributed by atoms with E-state index >= 15 is 0 Å². The lowest BCUT2D eigenvalue weighted by Crippen LogP contribution is -2.49. The summed E-state index contributed by atoms with van der Waals surface area (Å²) in [6.07, 6.45) is 0.183. The maximum atomic E-state index is 14.2. The number of para-hydroxylation sites is 1. The van der Waals surface area contributed by atoms with Crippen molar-refractivity contribution in [3.63, 3.8) is 0 Å². The molecule has 9 heteroatoms. The van der Waals surface area contributed by atoms with Gasteiger partial charge in [0.25, 0.3) is 0 Å². The molecule has 5 rings (SSSR count). The summed E-state index contributed by atoms with van der Waals surface area (Å²) in [6, 6.07) is 16.0. The molecule has 1 saturated heterocycles. The van der Waals surface area contributed by atoms with Crippen LogP contribution in [0.1, 0.15) is 24.9 Å². The Kier molecular flexibility index (Phi) is 6.82. The van der Waals surface area contributed by atoms with E-state index in [0.29, 0.717) is 43.1 Å². The SMILES string of the molecule is COC(=O)C1=C(C)N=C2SC=C(CC(=O)N3CCN(c4ccccc4F)CC3)N2[C@H]1c1ccccc1. The van der Waals surface area contributed by atoms with Crippen molar-refractivity contribution in [1.29, 1.82) is 0 Å². The minimum atomic E-state index is -0.434. The summed E-state index contributed by atoms with van der Waals surface area (Å²) in [5.41, 5.74) is 3.36. The molecule has 36 heavy (non-hydrogen) atoms. The lowest BCUT2D eigenvalue weighted by atomic mass is 9.94. The van der Waals surface area contributed by atoms with Crippen LogP contribution in [-0.4, -0.2) is 60.1 Å². The molecule has 0 saturated carbocycles. The second kappa shape index (κ2) is 10.2. The Bertz CT molecular complexity index is 1270. The van der Waals surface area contributed by atoms with Gasteiger partial charge in [0.1, 0.15) is 5.82 Å². The molecule has 0 unspecified atom stereocenters. The first-order chi connectivity index (χ1) is 17.5. The van der Waals surface area contributed by atoms with E-state index in [0.717, 1.165) is 16.4 Å². The number of anilines is 1. The fraction of sp³-hybridized carbons (Fsp3) is 0.296. The smallest absolute Gasteiger partial charge is 0.338 e. The lowest BCUT2D eigenvalue weighted by Gasteiger charge is -2.38. The number of thioether (sulfide) groups is 1. The van der Waals surface area contributed by atoms with Crippen LogP contribution in [0.25, 0.3) is 0 Å². The second-order valence-corrected chi connectivity index (χ2v) is 9.63. The molecule has 2 aromatic carbocycles. The van der Waals surface area contributed by atoms with Gasteiger partial charge in [-0.05, 0) is 30.0 Å². The predicted octanol–water partition coefficient (Wildman–Crippen LogP) is 4.31. The molecule has 2 aromatic rings. The number of carbonyl (C=O) groups is 2. The van der Waals surface area contributed by atoms with Crippen LogP contribution in [0, 0.1) is 5.82 Å². The van der Waals surface area contributed by atoms with E-state index in [2.05, 4.69) is 4.99 Å². The Labute approximate surface area is 213 Å². The van der Waals surface area contributed by atoms with Gasteiger partial charge in [0.15, 0.2) is 5.17 Å². The first kappa shape index (κ1) is 24.1. The van der Waals surface area contributed by atoms with Crippen LogP contribution in [-0.2, 0) is 14.3 Å². The molecule has 0 radical (unpaired) electrons. The predicted molar refractivity (Wildman–Crippen MR) is 139 cm³/mol. The largest absolute Gasteiger partial charge is 0.466 e. The minimum absolute atomic E-state index is 0.00557. The first-order valence-corrected chi connectivity index (χ1v) is 12.7. The number of halogens is 1. The first-order valence-electron chi connectivity index (χ1n) is 11.8. The van der Waals surface area contributed by atoms with Crippen molar-refractivity contribution in [3.8, 4) is 0 Å². The van der Waals surface area contributed by atoms with Crippen LogP contribution in [0.4, 0.5) is 10.1 Å². The highest BCUT2D eigenvalue weighted by molar-refractivity contribution is 8.16. The van der Waals surface area contributed by atoms with E-state index in [4.69, 9.17) is 4.74 Å². The molecule has 7 nitrogen and oxygen atoms in total. The van der Waals surface area contributed by atoms with Crippen molar-refractivity contribution in [1.82, 2.24) is 9.80 Å². The third-order valence-electron chi connectivity index (χ3n) is 6.68. The van der Waals surface area contributed by atoms with Gasteiger partial charge in [-0.1, -0.05) is 54.2 Å². The van der Waals surface area contributed by atoms with Gasteiger partial charge in [0, 0.05) is 31.9 Å². The van der Waals surface area contributed by atoms with Crippen LogP contribution >= 0.6 is 11.8 Å². The molecular weight excluding hydrogens is 479 g/mol. The Morgan fingerprint density at radius 2 is 1.75 bits per heavy atom. The second-order valence-electron chi connectivity index (χ2n) is 8.79. The number of piperazine rings is 1. The van der Waals surface area contributed by atoms with Crippen LogP contribution in [0.15, 0.2) is 82.0 Å². The molecule has 1 fully saturated rings. The van der Waals surface area contributed by atoms with Crippen LogP contribution in [0.3, 0.4) is 0 Å². The maximum absolute atomic E-state index is 14.2. The third kappa shape index (κ3) is 4.51. The van der Waals surface area contributed by atoms with Crippen molar-refractivity contribution in [2.45, 2.75) is 19.4 Å². The van der Waals surface area contributed by atoms with Gasteiger partial charge in [-0.3, -0.25) is 4.79 Å². The Balaban J connectivity index is 1.33. The summed E-state index contributed by atoms with van der Waals surface area (Å²) in [5.74, 6) is -0.691. The summed E-state index contributed by atoms with van der Waals surface area (Å²) in [4.78, 5) is 36.6. The number of hydrogen-bond acceptors (Lipinski definition) is 7. The molecule has 186 valence electrons. The molecule has 3 aliphatic heterocycles. The molecule has 0 aliphatic carbocycles. The van der Waals surface area contributed by atoms with Gasteiger partial charge in [0.05, 0.1) is 36.5 Å². The van der Waals surface area contributed by atoms with Crippen LogP contribution < -0.4 is 4.90 Å². The summed E-state index contributed by atoms with van der Waals surface area (Å²) >= 11 is 1.45. The van der Waals surface area contributed by atoms with Crippen molar-refractivity contribution in [3.05, 3.63) is 88.4 Å². The fourth-order valence-corrected chi connectivity index (χ4v) is 5.83. The molecule has 3 aliphatic rings. The summed E-state index contributed by atoms with van der Waals surface area (Å²) in [5, 5.41) is 2.68. The van der Waals surface area contributed by atoms with Gasteiger partial charge in [0.2, 0.25) is 5.91 Å². The van der Waals surface area contributed by atoms with Crippen molar-refractivity contribution >= 4 is 34.5 Å². The molecule has 0 spiro atoms. The monoisotopic (exact) mass is 506 g/mol. The highest BCUT2D eigenvalue weighted by atomic mass is 32.2. The highest BCUT2D eigenvalue weighted by Crippen LogP contribution is 2.44.